The summed E-state index contributed by atoms with van der Waals surface area (Å²) in [6, 6.07) is 4.04. The van der Waals surface area contributed by atoms with E-state index in [1.807, 2.05) is 0 Å². The van der Waals surface area contributed by atoms with Crippen molar-refractivity contribution in [3.8, 4) is 11.1 Å². The first-order valence-electron chi connectivity index (χ1n) is 4.74. The summed E-state index contributed by atoms with van der Waals surface area (Å²) in [5, 5.41) is 0. The average molecular weight is 220 g/mol. The third-order valence-electron chi connectivity index (χ3n) is 2.37. The molecule has 2 aromatic rings. The highest BCUT2D eigenvalue weighted by molar-refractivity contribution is 5.68. The third kappa shape index (κ3) is 1.86. The van der Waals surface area contributed by atoms with E-state index in [0.29, 0.717) is 16.8 Å². The van der Waals surface area contributed by atoms with E-state index in [0.717, 1.165) is 6.20 Å². The molecule has 1 aromatic heterocycles. The van der Waals surface area contributed by atoms with Gasteiger partial charge in [0.1, 0.15) is 11.6 Å². The SMILES string of the molecule is Cc1cc(F)c(-c2cncc(F)c2)cc1N. The molecule has 0 aliphatic rings. The maximum atomic E-state index is 13.6. The average Bonchev–Trinajstić information content (AvgIpc) is 2.23. The first kappa shape index (κ1) is 10.5. The van der Waals surface area contributed by atoms with Crippen molar-refractivity contribution in [2.75, 3.05) is 5.73 Å². The van der Waals surface area contributed by atoms with Crippen LogP contribution in [0, 0.1) is 18.6 Å². The summed E-state index contributed by atoms with van der Waals surface area (Å²) < 4.78 is 26.6. The number of pyridine rings is 1. The molecule has 0 atom stereocenters. The largest absolute Gasteiger partial charge is 0.398 e. The van der Waals surface area contributed by atoms with Gasteiger partial charge in [0.05, 0.1) is 6.20 Å². The fraction of sp³-hybridized carbons (Fsp3) is 0.0833. The third-order valence-corrected chi connectivity index (χ3v) is 2.37. The highest BCUT2D eigenvalue weighted by Crippen LogP contribution is 2.26. The molecule has 0 fully saturated rings. The van der Waals surface area contributed by atoms with Gasteiger partial charge in [-0.3, -0.25) is 4.98 Å². The molecule has 0 amide bonds. The molecule has 2 rings (SSSR count). The van der Waals surface area contributed by atoms with E-state index in [4.69, 9.17) is 5.73 Å². The van der Waals surface area contributed by atoms with Crippen LogP contribution in [0.3, 0.4) is 0 Å². The van der Waals surface area contributed by atoms with Crippen LogP contribution in [0.15, 0.2) is 30.6 Å². The standard InChI is InChI=1S/C12H10F2N2/c1-7-2-11(14)10(4-12(7)15)8-3-9(13)6-16-5-8/h2-6H,15H2,1H3. The minimum atomic E-state index is -0.504. The first-order chi connectivity index (χ1) is 7.58. The lowest BCUT2D eigenvalue weighted by atomic mass is 10.0. The van der Waals surface area contributed by atoms with Crippen molar-refractivity contribution < 1.29 is 8.78 Å². The van der Waals surface area contributed by atoms with Gasteiger partial charge in [-0.05, 0) is 30.7 Å². The zero-order valence-corrected chi connectivity index (χ0v) is 8.67. The molecule has 1 aromatic carbocycles. The number of halogens is 2. The predicted molar refractivity (Wildman–Crippen MR) is 58.7 cm³/mol. The normalized spacial score (nSPS) is 10.4. The van der Waals surface area contributed by atoms with Crippen LogP contribution in [-0.4, -0.2) is 4.98 Å². The zero-order chi connectivity index (χ0) is 11.7. The number of benzene rings is 1. The molecule has 16 heavy (non-hydrogen) atoms. The van der Waals surface area contributed by atoms with Crippen molar-refractivity contribution >= 4 is 5.69 Å². The molecule has 0 radical (unpaired) electrons. The van der Waals surface area contributed by atoms with E-state index in [2.05, 4.69) is 4.98 Å². The number of aromatic nitrogens is 1. The van der Waals surface area contributed by atoms with E-state index in [-0.39, 0.29) is 5.56 Å². The van der Waals surface area contributed by atoms with Gasteiger partial charge >= 0.3 is 0 Å². The summed E-state index contributed by atoms with van der Waals surface area (Å²) in [5.74, 6) is -0.935. The van der Waals surface area contributed by atoms with Gasteiger partial charge in [-0.2, -0.15) is 0 Å². The molecule has 0 saturated carbocycles. The van der Waals surface area contributed by atoms with E-state index in [1.165, 1.54) is 24.4 Å². The molecule has 2 N–H and O–H groups in total. The zero-order valence-electron chi connectivity index (χ0n) is 8.67. The smallest absolute Gasteiger partial charge is 0.142 e. The fourth-order valence-corrected chi connectivity index (χ4v) is 1.47. The summed E-state index contributed by atoms with van der Waals surface area (Å²) in [7, 11) is 0. The molecule has 0 aliphatic carbocycles. The topological polar surface area (TPSA) is 38.9 Å². The second-order valence-electron chi connectivity index (χ2n) is 3.58. The second-order valence-corrected chi connectivity index (χ2v) is 3.58. The Hall–Kier alpha value is -1.97. The number of hydrogen-bond acceptors (Lipinski definition) is 2. The Labute approximate surface area is 91.7 Å². The number of aryl methyl sites for hydroxylation is 1. The number of nitrogens with two attached hydrogens (primary N) is 1. The monoisotopic (exact) mass is 220 g/mol. The molecule has 0 aliphatic heterocycles. The number of rotatable bonds is 1. The molecule has 0 spiro atoms. The van der Waals surface area contributed by atoms with Crippen molar-refractivity contribution in [3.63, 3.8) is 0 Å². The predicted octanol–water partition coefficient (Wildman–Crippen LogP) is 2.92. The van der Waals surface area contributed by atoms with Crippen molar-refractivity contribution in [1.29, 1.82) is 0 Å². The lowest BCUT2D eigenvalue weighted by Gasteiger charge is -2.07. The molecule has 0 saturated heterocycles. The van der Waals surface area contributed by atoms with Crippen molar-refractivity contribution in [1.82, 2.24) is 4.98 Å². The Morgan fingerprint density at radius 3 is 2.56 bits per heavy atom. The molecule has 2 nitrogen and oxygen atoms in total. The van der Waals surface area contributed by atoms with Crippen molar-refractivity contribution in [2.24, 2.45) is 0 Å². The lowest BCUT2D eigenvalue weighted by Crippen LogP contribution is -1.94. The van der Waals surface area contributed by atoms with Gasteiger partial charge in [0.2, 0.25) is 0 Å². The van der Waals surface area contributed by atoms with Crippen molar-refractivity contribution in [3.05, 3.63) is 47.8 Å². The molecule has 4 heteroatoms. The second kappa shape index (κ2) is 3.89. The first-order valence-corrected chi connectivity index (χ1v) is 4.74. The highest BCUT2D eigenvalue weighted by Gasteiger charge is 2.08. The maximum Gasteiger partial charge on any atom is 0.142 e. The summed E-state index contributed by atoms with van der Waals surface area (Å²) >= 11 is 0. The van der Waals surface area contributed by atoms with Crippen LogP contribution in [0.25, 0.3) is 11.1 Å². The van der Waals surface area contributed by atoms with E-state index in [9.17, 15) is 8.78 Å². The Morgan fingerprint density at radius 2 is 1.88 bits per heavy atom. The van der Waals surface area contributed by atoms with Crippen LogP contribution >= 0.6 is 0 Å². The Bertz CT molecular complexity index is 539. The summed E-state index contributed by atoms with van der Waals surface area (Å²) in [6.07, 6.45) is 2.47. The minimum Gasteiger partial charge on any atom is -0.398 e. The van der Waals surface area contributed by atoms with E-state index < -0.39 is 11.6 Å². The minimum absolute atomic E-state index is 0.259. The van der Waals surface area contributed by atoms with Crippen LogP contribution in [0.2, 0.25) is 0 Å². The summed E-state index contributed by atoms with van der Waals surface area (Å²) in [5.41, 5.74) is 7.45. The van der Waals surface area contributed by atoms with Crippen molar-refractivity contribution in [2.45, 2.75) is 6.92 Å². The molecule has 82 valence electrons. The van der Waals surface area contributed by atoms with Gasteiger partial charge in [-0.25, -0.2) is 8.78 Å². The van der Waals surface area contributed by atoms with Crippen LogP contribution in [0.1, 0.15) is 5.56 Å². The van der Waals surface area contributed by atoms with Gasteiger partial charge in [0, 0.05) is 23.0 Å². The lowest BCUT2D eigenvalue weighted by molar-refractivity contribution is 0.619. The summed E-state index contributed by atoms with van der Waals surface area (Å²) in [4.78, 5) is 3.67. The molecule has 0 unspecified atom stereocenters. The highest BCUT2D eigenvalue weighted by atomic mass is 19.1. The molecule has 0 bridgehead atoms. The number of anilines is 1. The Kier molecular flexibility index (Phi) is 2.56. The fourth-order valence-electron chi connectivity index (χ4n) is 1.47. The number of nitrogen functional groups attached to an aromatic ring is 1. The van der Waals surface area contributed by atoms with Gasteiger partial charge in [0.15, 0.2) is 0 Å². The Balaban J connectivity index is 2.60. The molecule has 1 heterocycles. The van der Waals surface area contributed by atoms with E-state index >= 15 is 0 Å². The maximum absolute atomic E-state index is 13.6. The summed E-state index contributed by atoms with van der Waals surface area (Å²) in [6.45, 7) is 1.71. The van der Waals surface area contributed by atoms with Gasteiger partial charge < -0.3 is 5.73 Å². The van der Waals surface area contributed by atoms with Gasteiger partial charge in [-0.1, -0.05) is 0 Å². The van der Waals surface area contributed by atoms with Crippen LogP contribution < -0.4 is 5.73 Å². The Morgan fingerprint density at radius 1 is 1.12 bits per heavy atom. The van der Waals surface area contributed by atoms with Crippen LogP contribution in [-0.2, 0) is 0 Å². The molecular weight excluding hydrogens is 210 g/mol. The van der Waals surface area contributed by atoms with Gasteiger partial charge in [0.25, 0.3) is 0 Å². The number of nitrogens with zero attached hydrogens (tertiary/aromatic N) is 1. The van der Waals surface area contributed by atoms with Crippen LogP contribution in [0.5, 0.6) is 0 Å². The van der Waals surface area contributed by atoms with E-state index in [1.54, 1.807) is 6.92 Å². The quantitative estimate of drug-likeness (QED) is 0.750. The number of hydrogen-bond donors (Lipinski definition) is 1. The van der Waals surface area contributed by atoms with Crippen LogP contribution in [0.4, 0.5) is 14.5 Å². The molecular formula is C12H10F2N2. The van der Waals surface area contributed by atoms with Gasteiger partial charge in [-0.15, -0.1) is 0 Å².